The molecule has 0 spiro atoms. The molecule has 0 unspecified atom stereocenters. The second kappa shape index (κ2) is 7.23. The van der Waals surface area contributed by atoms with Gasteiger partial charge in [-0.1, -0.05) is 26.0 Å². The van der Waals surface area contributed by atoms with E-state index in [9.17, 15) is 5.11 Å². The Kier molecular flexibility index (Phi) is 5.48. The van der Waals surface area contributed by atoms with E-state index in [4.69, 9.17) is 18.9 Å². The monoisotopic (exact) mass is 346 g/mol. The molecule has 0 heterocycles. The molecule has 0 atom stereocenters. The molecular weight excluding hydrogens is 320 g/mol. The first-order valence-corrected chi connectivity index (χ1v) is 8.24. The molecule has 0 amide bonds. The molecule has 136 valence electrons. The lowest BCUT2D eigenvalue weighted by atomic mass is 9.93. The Balaban J connectivity index is 0.00000109. The third-order valence-electron chi connectivity index (χ3n) is 4.39. The predicted octanol–water partition coefficient (Wildman–Crippen LogP) is 3.98. The first kappa shape index (κ1) is 18.9. The average molecular weight is 346 g/mol. The van der Waals surface area contributed by atoms with E-state index in [2.05, 4.69) is 0 Å². The molecule has 2 aromatic rings. The summed E-state index contributed by atoms with van der Waals surface area (Å²) in [5, 5.41) is 11.1. The van der Waals surface area contributed by atoms with Crippen molar-refractivity contribution in [1.29, 1.82) is 0 Å². The maximum atomic E-state index is 11.1. The fraction of sp³-hybridized carbons (Fsp3) is 0.400. The number of aliphatic hydroxyl groups is 1. The van der Waals surface area contributed by atoms with Crippen LogP contribution in [0.25, 0.3) is 11.1 Å². The van der Waals surface area contributed by atoms with Crippen molar-refractivity contribution in [1.82, 2.24) is 0 Å². The van der Waals surface area contributed by atoms with Crippen LogP contribution in [0.15, 0.2) is 24.3 Å². The zero-order valence-electron chi connectivity index (χ0n) is 15.9. The van der Waals surface area contributed by atoms with Gasteiger partial charge in [-0.15, -0.1) is 0 Å². The second-order valence-electron chi connectivity index (χ2n) is 5.52. The maximum absolute atomic E-state index is 11.1. The van der Waals surface area contributed by atoms with Gasteiger partial charge in [0.1, 0.15) is 5.60 Å². The Morgan fingerprint density at radius 2 is 1.04 bits per heavy atom. The first-order chi connectivity index (χ1) is 12.0. The summed E-state index contributed by atoms with van der Waals surface area (Å²) in [6.07, 6.45) is 0. The van der Waals surface area contributed by atoms with Crippen molar-refractivity contribution in [2.24, 2.45) is 0 Å². The highest BCUT2D eigenvalue weighted by atomic mass is 16.5. The van der Waals surface area contributed by atoms with Gasteiger partial charge < -0.3 is 24.1 Å². The van der Waals surface area contributed by atoms with Gasteiger partial charge in [0, 0.05) is 11.1 Å². The third kappa shape index (κ3) is 2.68. The van der Waals surface area contributed by atoms with Crippen LogP contribution in [0.1, 0.15) is 31.9 Å². The summed E-state index contributed by atoms with van der Waals surface area (Å²) in [6, 6.07) is 7.29. The Bertz CT molecular complexity index is 702. The predicted molar refractivity (Wildman–Crippen MR) is 98.1 cm³/mol. The van der Waals surface area contributed by atoms with Gasteiger partial charge in [0.25, 0.3) is 0 Å². The molecule has 0 saturated carbocycles. The van der Waals surface area contributed by atoms with Crippen LogP contribution < -0.4 is 18.9 Å². The summed E-state index contributed by atoms with van der Waals surface area (Å²) < 4.78 is 21.9. The molecule has 2 aromatic carbocycles. The van der Waals surface area contributed by atoms with Gasteiger partial charge >= 0.3 is 0 Å². The van der Waals surface area contributed by atoms with Crippen LogP contribution in [-0.2, 0) is 5.60 Å². The summed E-state index contributed by atoms with van der Waals surface area (Å²) in [7, 11) is 6.33. The molecule has 0 aliphatic heterocycles. The van der Waals surface area contributed by atoms with Crippen molar-refractivity contribution in [2.75, 3.05) is 28.4 Å². The van der Waals surface area contributed by atoms with Gasteiger partial charge in [0.05, 0.1) is 28.4 Å². The van der Waals surface area contributed by atoms with Gasteiger partial charge in [0.15, 0.2) is 23.0 Å². The van der Waals surface area contributed by atoms with Crippen molar-refractivity contribution in [3.05, 3.63) is 35.4 Å². The smallest absolute Gasteiger partial charge is 0.169 e. The van der Waals surface area contributed by atoms with E-state index in [1.54, 1.807) is 47.5 Å². The number of methoxy groups -OCH3 is 4. The molecule has 5 nitrogen and oxygen atoms in total. The largest absolute Gasteiger partial charge is 0.493 e. The Morgan fingerprint density at radius 1 is 0.680 bits per heavy atom. The van der Waals surface area contributed by atoms with Crippen LogP contribution >= 0.6 is 0 Å². The molecule has 0 bridgehead atoms. The highest BCUT2D eigenvalue weighted by Crippen LogP contribution is 2.58. The molecule has 0 fully saturated rings. The van der Waals surface area contributed by atoms with Crippen molar-refractivity contribution in [3.63, 3.8) is 0 Å². The maximum Gasteiger partial charge on any atom is 0.169 e. The molecule has 5 heteroatoms. The van der Waals surface area contributed by atoms with Gasteiger partial charge in [-0.05, 0) is 30.2 Å². The number of ether oxygens (including phenoxy) is 4. The number of benzene rings is 2. The van der Waals surface area contributed by atoms with Gasteiger partial charge in [0.2, 0.25) is 0 Å². The minimum atomic E-state index is -1.15. The van der Waals surface area contributed by atoms with Crippen LogP contribution in [0.2, 0.25) is 0 Å². The van der Waals surface area contributed by atoms with Crippen molar-refractivity contribution in [3.8, 4) is 34.1 Å². The number of fused-ring (bicyclic) bond motifs is 3. The van der Waals surface area contributed by atoms with Gasteiger partial charge in [-0.3, -0.25) is 0 Å². The molecule has 1 N–H and O–H groups in total. The number of hydrogen-bond acceptors (Lipinski definition) is 5. The lowest BCUT2D eigenvalue weighted by molar-refractivity contribution is 0.107. The van der Waals surface area contributed by atoms with Crippen LogP contribution in [0.3, 0.4) is 0 Å². The summed E-state index contributed by atoms with van der Waals surface area (Å²) in [5.41, 5.74) is 1.88. The molecule has 0 radical (unpaired) electrons. The van der Waals surface area contributed by atoms with E-state index in [1.807, 2.05) is 26.0 Å². The van der Waals surface area contributed by atoms with Crippen molar-refractivity contribution in [2.45, 2.75) is 26.4 Å². The lowest BCUT2D eigenvalue weighted by Gasteiger charge is -2.21. The number of hydrogen-bond donors (Lipinski definition) is 1. The van der Waals surface area contributed by atoms with Gasteiger partial charge in [-0.2, -0.15) is 0 Å². The van der Waals surface area contributed by atoms with Crippen molar-refractivity contribution < 1.29 is 24.1 Å². The van der Waals surface area contributed by atoms with Crippen LogP contribution in [0, 0.1) is 0 Å². The zero-order chi connectivity index (χ0) is 18.8. The average Bonchev–Trinajstić information content (AvgIpc) is 2.89. The minimum absolute atomic E-state index is 0.565. The highest BCUT2D eigenvalue weighted by Gasteiger charge is 2.43. The fourth-order valence-corrected chi connectivity index (χ4v) is 3.31. The van der Waals surface area contributed by atoms with Crippen molar-refractivity contribution >= 4 is 0 Å². The van der Waals surface area contributed by atoms with Crippen LogP contribution in [0.5, 0.6) is 23.0 Å². The first-order valence-electron chi connectivity index (χ1n) is 8.24. The normalized spacial score (nSPS) is 13.1. The lowest BCUT2D eigenvalue weighted by Crippen LogP contribution is -2.19. The number of rotatable bonds is 4. The second-order valence-corrected chi connectivity index (χ2v) is 5.52. The van der Waals surface area contributed by atoms with E-state index in [0.717, 1.165) is 22.3 Å². The molecular formula is C20H26O5. The summed E-state index contributed by atoms with van der Waals surface area (Å²) in [6.45, 7) is 5.76. The standard InChI is InChI=1S/C18H20O5.C2H6/c1-18(19)10-6-8-12(20-2)16(22-4)14(10)15-11(18)7-9-13(21-3)17(15)23-5;1-2/h6-9,19H,1-5H3;1-2H3. The minimum Gasteiger partial charge on any atom is -0.493 e. The molecule has 1 aliphatic rings. The topological polar surface area (TPSA) is 57.2 Å². The molecule has 1 aliphatic carbocycles. The molecule has 0 saturated heterocycles. The van der Waals surface area contributed by atoms with Crippen LogP contribution in [-0.4, -0.2) is 33.5 Å². The summed E-state index contributed by atoms with van der Waals surface area (Å²) in [5.74, 6) is 2.32. The quantitative estimate of drug-likeness (QED) is 0.907. The highest BCUT2D eigenvalue weighted by molar-refractivity contribution is 5.91. The van der Waals surface area contributed by atoms with E-state index in [1.165, 1.54) is 0 Å². The summed E-state index contributed by atoms with van der Waals surface area (Å²) >= 11 is 0. The SMILES string of the molecule is CC.COc1ccc2c(c1OC)-c1c(ccc(OC)c1OC)C2(C)O. The molecule has 25 heavy (non-hydrogen) atoms. The van der Waals surface area contributed by atoms with E-state index in [0.29, 0.717) is 23.0 Å². The van der Waals surface area contributed by atoms with Gasteiger partial charge in [-0.25, -0.2) is 0 Å². The fourth-order valence-electron chi connectivity index (χ4n) is 3.31. The van der Waals surface area contributed by atoms with E-state index in [-0.39, 0.29) is 0 Å². The van der Waals surface area contributed by atoms with E-state index >= 15 is 0 Å². The Hall–Kier alpha value is -2.40. The zero-order valence-corrected chi connectivity index (χ0v) is 15.9. The van der Waals surface area contributed by atoms with E-state index < -0.39 is 5.60 Å². The van der Waals surface area contributed by atoms with Crippen LogP contribution in [0.4, 0.5) is 0 Å². The summed E-state index contributed by atoms with van der Waals surface area (Å²) in [4.78, 5) is 0. The Morgan fingerprint density at radius 3 is 1.32 bits per heavy atom. The molecule has 0 aromatic heterocycles. The third-order valence-corrected chi connectivity index (χ3v) is 4.39. The molecule has 3 rings (SSSR count). The Labute approximate surface area is 149 Å².